The molecular weight excluding hydrogens is 483 g/mol. The van der Waals surface area contributed by atoms with E-state index in [-0.39, 0.29) is 12.6 Å². The number of nitrogens with one attached hydrogen (secondary N) is 1. The van der Waals surface area contributed by atoms with Crippen LogP contribution in [0, 0.1) is 0 Å². The van der Waals surface area contributed by atoms with Gasteiger partial charge in [0.1, 0.15) is 6.10 Å². The molecule has 2 unspecified atom stereocenters. The molecule has 0 aliphatic carbocycles. The molecule has 36 heavy (non-hydrogen) atoms. The Kier molecular flexibility index (Phi) is 12.5. The van der Waals surface area contributed by atoms with Crippen LogP contribution in [0.15, 0.2) is 48.5 Å². The molecule has 0 saturated carbocycles. The Labute approximate surface area is 213 Å². The van der Waals surface area contributed by atoms with Crippen molar-refractivity contribution in [2.45, 2.75) is 51.6 Å². The van der Waals surface area contributed by atoms with E-state index in [0.717, 1.165) is 18.4 Å². The van der Waals surface area contributed by atoms with Gasteiger partial charge in [0.15, 0.2) is 11.5 Å². The summed E-state index contributed by atoms with van der Waals surface area (Å²) in [6, 6.07) is 14.9. The van der Waals surface area contributed by atoms with Crippen LogP contribution in [0.1, 0.15) is 44.6 Å². The molecule has 0 aromatic heterocycles. The molecule has 0 aliphatic rings. The third kappa shape index (κ3) is 10.0. The maximum Gasteiger partial charge on any atom is 0.382 e. The van der Waals surface area contributed by atoms with Gasteiger partial charge in [-0.05, 0) is 62.8 Å². The summed E-state index contributed by atoms with van der Waals surface area (Å²) < 4.78 is 35.0. The van der Waals surface area contributed by atoms with Gasteiger partial charge in [0.25, 0.3) is 5.91 Å². The molecule has 0 saturated heterocycles. The number of hydrogen-bond acceptors (Lipinski definition) is 8. The smallest absolute Gasteiger partial charge is 0.382 e. The molecule has 0 spiro atoms. The van der Waals surface area contributed by atoms with Crippen LogP contribution >= 0.6 is 7.60 Å². The van der Waals surface area contributed by atoms with Gasteiger partial charge in [0, 0.05) is 18.7 Å². The van der Waals surface area contributed by atoms with Crippen LogP contribution in [0.3, 0.4) is 0 Å². The van der Waals surface area contributed by atoms with Gasteiger partial charge >= 0.3 is 13.6 Å². The summed E-state index contributed by atoms with van der Waals surface area (Å²) in [6.45, 7) is 1.62. The lowest BCUT2D eigenvalue weighted by Gasteiger charge is -2.24. The van der Waals surface area contributed by atoms with Gasteiger partial charge in [-0.3, -0.25) is 14.1 Å². The van der Waals surface area contributed by atoms with Gasteiger partial charge in [-0.1, -0.05) is 30.3 Å². The number of carbonyl (C=O) groups excluding carboxylic acids is 2. The van der Waals surface area contributed by atoms with Crippen LogP contribution in [-0.2, 0) is 29.6 Å². The average Bonchev–Trinajstić information content (AvgIpc) is 2.86. The molecule has 9 nitrogen and oxygen atoms in total. The van der Waals surface area contributed by atoms with Crippen LogP contribution in [-0.4, -0.2) is 44.9 Å². The largest absolute Gasteiger partial charge is 0.493 e. The zero-order valence-electron chi connectivity index (χ0n) is 21.2. The standard InChI is InChI=1S/C26H37N2O7P/c1-20(29)34-36(31,18-10-8-13-21-11-5-4-6-12-21)35-24(14-7-9-17-27)26(30)28-22-15-16-23(32-2)25(19-22)33-3/h4-6,11-12,15-16,19,24H,7-10,13-14,17-18,27H2,1-3H3,(H,28,30). The molecule has 0 aliphatic heterocycles. The van der Waals surface area contributed by atoms with E-state index in [1.54, 1.807) is 18.2 Å². The molecule has 2 aromatic rings. The fourth-order valence-electron chi connectivity index (χ4n) is 3.63. The number of ether oxygens (including phenoxy) is 2. The third-order valence-electron chi connectivity index (χ3n) is 5.41. The fourth-order valence-corrected chi connectivity index (χ4v) is 5.46. The predicted octanol–water partition coefficient (Wildman–Crippen LogP) is 4.94. The maximum absolute atomic E-state index is 13.5. The maximum atomic E-state index is 13.5. The summed E-state index contributed by atoms with van der Waals surface area (Å²) in [4.78, 5) is 24.9. The second-order valence-electron chi connectivity index (χ2n) is 8.30. The number of aryl methyl sites for hydroxylation is 1. The number of hydrogen-bond donors (Lipinski definition) is 2. The number of nitrogens with two attached hydrogens (primary N) is 1. The Balaban J connectivity index is 2.11. The number of unbranched alkanes of at least 4 members (excludes halogenated alkanes) is 2. The molecule has 2 atom stereocenters. The van der Waals surface area contributed by atoms with Gasteiger partial charge in [0.2, 0.25) is 0 Å². The second kappa shape index (κ2) is 15.3. The Hall–Kier alpha value is -2.87. The highest BCUT2D eigenvalue weighted by atomic mass is 31.2. The van der Waals surface area contributed by atoms with Crippen LogP contribution in [0.25, 0.3) is 0 Å². The van der Waals surface area contributed by atoms with E-state index >= 15 is 0 Å². The van der Waals surface area contributed by atoms with Gasteiger partial charge in [-0.2, -0.15) is 0 Å². The topological polar surface area (TPSA) is 126 Å². The minimum absolute atomic E-state index is 0.0242. The Morgan fingerprint density at radius 1 is 0.972 bits per heavy atom. The second-order valence-corrected chi connectivity index (χ2v) is 10.4. The van der Waals surface area contributed by atoms with E-state index in [9.17, 15) is 14.2 Å². The highest BCUT2D eigenvalue weighted by Gasteiger charge is 2.34. The average molecular weight is 521 g/mol. The van der Waals surface area contributed by atoms with Crippen molar-refractivity contribution in [2.24, 2.45) is 5.73 Å². The zero-order valence-corrected chi connectivity index (χ0v) is 22.1. The molecule has 198 valence electrons. The molecule has 2 aromatic carbocycles. The quantitative estimate of drug-likeness (QED) is 0.236. The first-order chi connectivity index (χ1) is 17.3. The van der Waals surface area contributed by atoms with E-state index in [1.165, 1.54) is 21.1 Å². The lowest BCUT2D eigenvalue weighted by atomic mass is 10.1. The van der Waals surface area contributed by atoms with E-state index in [1.807, 2.05) is 30.3 Å². The molecule has 0 radical (unpaired) electrons. The predicted molar refractivity (Wildman–Crippen MR) is 140 cm³/mol. The Morgan fingerprint density at radius 2 is 1.69 bits per heavy atom. The minimum Gasteiger partial charge on any atom is -0.493 e. The van der Waals surface area contributed by atoms with Crippen LogP contribution in [0.2, 0.25) is 0 Å². The van der Waals surface area contributed by atoms with Crippen molar-refractivity contribution < 1.29 is 32.7 Å². The van der Waals surface area contributed by atoms with Crippen molar-refractivity contribution >= 4 is 25.2 Å². The SMILES string of the molecule is COc1ccc(NC(=O)C(CCCCN)OP(=O)(CCCCc2ccccc2)OC(C)=O)cc1OC. The summed E-state index contributed by atoms with van der Waals surface area (Å²) in [7, 11) is -0.861. The van der Waals surface area contributed by atoms with E-state index < -0.39 is 25.6 Å². The molecular formula is C26H37N2O7P. The van der Waals surface area contributed by atoms with Crippen molar-refractivity contribution in [1.29, 1.82) is 0 Å². The zero-order chi connectivity index (χ0) is 26.4. The van der Waals surface area contributed by atoms with Crippen LogP contribution in [0.5, 0.6) is 11.5 Å². The summed E-state index contributed by atoms with van der Waals surface area (Å²) in [5, 5.41) is 2.77. The third-order valence-corrected chi connectivity index (χ3v) is 7.38. The van der Waals surface area contributed by atoms with Crippen molar-refractivity contribution in [3.05, 3.63) is 54.1 Å². The van der Waals surface area contributed by atoms with Crippen molar-refractivity contribution in [2.75, 3.05) is 32.2 Å². The molecule has 0 heterocycles. The lowest BCUT2D eigenvalue weighted by molar-refractivity contribution is -0.134. The Morgan fingerprint density at radius 3 is 2.33 bits per heavy atom. The summed E-state index contributed by atoms with van der Waals surface area (Å²) in [5.74, 6) is -0.265. The summed E-state index contributed by atoms with van der Waals surface area (Å²) in [6.07, 6.45) is 2.47. The molecule has 1 amide bonds. The van der Waals surface area contributed by atoms with Crippen molar-refractivity contribution in [3.63, 3.8) is 0 Å². The lowest BCUT2D eigenvalue weighted by Crippen LogP contribution is -2.31. The van der Waals surface area contributed by atoms with Gasteiger partial charge < -0.3 is 25.0 Å². The normalized spacial score (nSPS) is 13.3. The fraction of sp³-hybridized carbons (Fsp3) is 0.462. The molecule has 10 heteroatoms. The van der Waals surface area contributed by atoms with E-state index in [2.05, 4.69) is 5.32 Å². The minimum atomic E-state index is -3.87. The van der Waals surface area contributed by atoms with E-state index in [0.29, 0.717) is 43.0 Å². The number of anilines is 1. The van der Waals surface area contributed by atoms with Crippen LogP contribution < -0.4 is 20.5 Å². The first-order valence-corrected chi connectivity index (χ1v) is 13.8. The molecule has 0 bridgehead atoms. The highest BCUT2D eigenvalue weighted by molar-refractivity contribution is 7.54. The number of rotatable bonds is 16. The van der Waals surface area contributed by atoms with E-state index in [4.69, 9.17) is 24.3 Å². The van der Waals surface area contributed by atoms with Crippen molar-refractivity contribution in [3.8, 4) is 11.5 Å². The number of methoxy groups -OCH3 is 2. The number of amides is 1. The first kappa shape index (κ1) is 29.4. The molecule has 2 rings (SSSR count). The highest BCUT2D eigenvalue weighted by Crippen LogP contribution is 2.51. The Bertz CT molecular complexity index is 1020. The van der Waals surface area contributed by atoms with Crippen molar-refractivity contribution in [1.82, 2.24) is 0 Å². The van der Waals surface area contributed by atoms with Gasteiger partial charge in [-0.15, -0.1) is 0 Å². The monoisotopic (exact) mass is 520 g/mol. The first-order valence-electron chi connectivity index (χ1n) is 12.0. The summed E-state index contributed by atoms with van der Waals surface area (Å²) in [5.41, 5.74) is 7.22. The summed E-state index contributed by atoms with van der Waals surface area (Å²) >= 11 is 0. The van der Waals surface area contributed by atoms with Crippen LogP contribution in [0.4, 0.5) is 5.69 Å². The van der Waals surface area contributed by atoms with Gasteiger partial charge in [-0.25, -0.2) is 4.57 Å². The molecule has 0 fully saturated rings. The molecule has 3 N–H and O–H groups in total. The van der Waals surface area contributed by atoms with Gasteiger partial charge in [0.05, 0.1) is 20.4 Å². The number of benzene rings is 2. The number of carbonyl (C=O) groups is 2.